The highest BCUT2D eigenvalue weighted by Crippen LogP contribution is 2.22. The van der Waals surface area contributed by atoms with Crippen LogP contribution in [-0.2, 0) is 6.54 Å². The third-order valence-corrected chi connectivity index (χ3v) is 3.73. The zero-order valence-electron chi connectivity index (χ0n) is 12.2. The first-order valence-electron chi connectivity index (χ1n) is 7.23. The van der Waals surface area contributed by atoms with Gasteiger partial charge < -0.3 is 14.4 Å². The molecule has 3 rings (SSSR count). The molecule has 0 atom stereocenters. The standard InChI is InChI=1S/C18H17N3O/c19-12-17-15(14-21-9-5-4-8-18(17)21)13-20(10-11-22)16-6-2-1-3-7-16/h1-9,14,22H,10-11,13H2. The van der Waals surface area contributed by atoms with E-state index in [1.807, 2.05) is 65.3 Å². The van der Waals surface area contributed by atoms with Crippen molar-refractivity contribution in [2.24, 2.45) is 0 Å². The van der Waals surface area contributed by atoms with E-state index >= 15 is 0 Å². The Morgan fingerprint density at radius 1 is 1.09 bits per heavy atom. The van der Waals surface area contributed by atoms with E-state index in [-0.39, 0.29) is 6.61 Å². The number of benzene rings is 1. The van der Waals surface area contributed by atoms with Crippen LogP contribution in [0.4, 0.5) is 5.69 Å². The number of hydrogen-bond donors (Lipinski definition) is 1. The number of nitrogens with zero attached hydrogens (tertiary/aromatic N) is 3. The average Bonchev–Trinajstić information content (AvgIpc) is 2.92. The van der Waals surface area contributed by atoms with Crippen molar-refractivity contribution in [3.63, 3.8) is 0 Å². The van der Waals surface area contributed by atoms with Crippen LogP contribution in [0.5, 0.6) is 0 Å². The van der Waals surface area contributed by atoms with E-state index in [9.17, 15) is 10.4 Å². The lowest BCUT2D eigenvalue weighted by atomic mass is 10.1. The lowest BCUT2D eigenvalue weighted by molar-refractivity contribution is 0.301. The van der Waals surface area contributed by atoms with Crippen LogP contribution in [0.1, 0.15) is 11.1 Å². The second-order valence-corrected chi connectivity index (χ2v) is 5.12. The Kier molecular flexibility index (Phi) is 4.08. The lowest BCUT2D eigenvalue weighted by Crippen LogP contribution is -2.26. The van der Waals surface area contributed by atoms with Gasteiger partial charge in [0.2, 0.25) is 0 Å². The molecule has 0 fully saturated rings. The predicted molar refractivity (Wildman–Crippen MR) is 86.7 cm³/mol. The average molecular weight is 291 g/mol. The number of fused-ring (bicyclic) bond motifs is 1. The number of nitriles is 1. The van der Waals surface area contributed by atoms with E-state index in [2.05, 4.69) is 11.0 Å². The summed E-state index contributed by atoms with van der Waals surface area (Å²) in [6, 6.07) is 18.1. The molecular formula is C18H17N3O. The van der Waals surface area contributed by atoms with Gasteiger partial charge in [-0.1, -0.05) is 24.3 Å². The van der Waals surface area contributed by atoms with Crippen molar-refractivity contribution in [2.45, 2.75) is 6.54 Å². The van der Waals surface area contributed by atoms with E-state index in [0.29, 0.717) is 18.7 Å². The fourth-order valence-electron chi connectivity index (χ4n) is 2.69. The zero-order valence-corrected chi connectivity index (χ0v) is 12.2. The normalized spacial score (nSPS) is 10.5. The number of rotatable bonds is 5. The molecule has 2 heterocycles. The molecular weight excluding hydrogens is 274 g/mol. The molecule has 0 saturated carbocycles. The Morgan fingerprint density at radius 2 is 1.86 bits per heavy atom. The number of aliphatic hydroxyl groups excluding tert-OH is 1. The van der Waals surface area contributed by atoms with Crippen LogP contribution in [0.2, 0.25) is 0 Å². The van der Waals surface area contributed by atoms with Crippen molar-refractivity contribution in [1.29, 1.82) is 5.26 Å². The molecule has 110 valence electrons. The van der Waals surface area contributed by atoms with E-state index in [1.54, 1.807) is 0 Å². The van der Waals surface area contributed by atoms with E-state index < -0.39 is 0 Å². The Balaban J connectivity index is 1.98. The highest BCUT2D eigenvalue weighted by atomic mass is 16.3. The van der Waals surface area contributed by atoms with Gasteiger partial charge >= 0.3 is 0 Å². The van der Waals surface area contributed by atoms with Gasteiger partial charge in [-0.3, -0.25) is 0 Å². The van der Waals surface area contributed by atoms with Gasteiger partial charge in [0.25, 0.3) is 0 Å². The zero-order chi connectivity index (χ0) is 15.4. The molecule has 0 amide bonds. The van der Waals surface area contributed by atoms with Crippen LogP contribution >= 0.6 is 0 Å². The Bertz CT molecular complexity index is 802. The van der Waals surface area contributed by atoms with Crippen LogP contribution in [0.3, 0.4) is 0 Å². The molecule has 0 bridgehead atoms. The molecule has 3 aromatic rings. The minimum atomic E-state index is 0.0736. The molecule has 0 spiro atoms. The van der Waals surface area contributed by atoms with Crippen molar-refractivity contribution in [1.82, 2.24) is 4.40 Å². The van der Waals surface area contributed by atoms with Crippen molar-refractivity contribution < 1.29 is 5.11 Å². The van der Waals surface area contributed by atoms with Crippen LogP contribution in [0, 0.1) is 11.3 Å². The first kappa shape index (κ1) is 14.2. The molecule has 2 aromatic heterocycles. The Morgan fingerprint density at radius 3 is 2.59 bits per heavy atom. The van der Waals surface area contributed by atoms with Crippen molar-refractivity contribution in [3.05, 3.63) is 72.1 Å². The summed E-state index contributed by atoms with van der Waals surface area (Å²) in [4.78, 5) is 2.08. The molecule has 4 heteroatoms. The Labute approximate surface area is 129 Å². The smallest absolute Gasteiger partial charge is 0.102 e. The van der Waals surface area contributed by atoms with Crippen LogP contribution in [0.15, 0.2) is 60.9 Å². The monoisotopic (exact) mass is 291 g/mol. The van der Waals surface area contributed by atoms with Crippen molar-refractivity contribution in [2.75, 3.05) is 18.1 Å². The molecule has 0 aliphatic rings. The molecule has 0 radical (unpaired) electrons. The van der Waals surface area contributed by atoms with E-state index in [0.717, 1.165) is 16.8 Å². The molecule has 1 N–H and O–H groups in total. The summed E-state index contributed by atoms with van der Waals surface area (Å²) in [5, 5.41) is 18.8. The summed E-state index contributed by atoms with van der Waals surface area (Å²) in [6.45, 7) is 1.19. The topological polar surface area (TPSA) is 51.7 Å². The highest BCUT2D eigenvalue weighted by molar-refractivity contribution is 5.65. The number of pyridine rings is 1. The molecule has 0 unspecified atom stereocenters. The van der Waals surface area contributed by atoms with Gasteiger partial charge in [0.05, 0.1) is 17.7 Å². The first-order valence-corrected chi connectivity index (χ1v) is 7.23. The number of aliphatic hydroxyl groups is 1. The van der Waals surface area contributed by atoms with Gasteiger partial charge in [-0.2, -0.15) is 5.26 Å². The summed E-state index contributed by atoms with van der Waals surface area (Å²) in [7, 11) is 0. The molecule has 22 heavy (non-hydrogen) atoms. The summed E-state index contributed by atoms with van der Waals surface area (Å²) in [5.74, 6) is 0. The summed E-state index contributed by atoms with van der Waals surface area (Å²) in [5.41, 5.74) is 3.61. The largest absolute Gasteiger partial charge is 0.395 e. The molecule has 1 aromatic carbocycles. The second kappa shape index (κ2) is 6.33. The van der Waals surface area contributed by atoms with Gasteiger partial charge in [-0.05, 0) is 24.3 Å². The summed E-state index contributed by atoms with van der Waals surface area (Å²) >= 11 is 0. The summed E-state index contributed by atoms with van der Waals surface area (Å²) in [6.07, 6.45) is 3.93. The van der Waals surface area contributed by atoms with Crippen molar-refractivity contribution in [3.8, 4) is 6.07 Å². The molecule has 0 saturated heterocycles. The highest BCUT2D eigenvalue weighted by Gasteiger charge is 2.14. The quantitative estimate of drug-likeness (QED) is 0.786. The van der Waals surface area contributed by atoms with Crippen molar-refractivity contribution >= 4 is 11.2 Å². The van der Waals surface area contributed by atoms with Gasteiger partial charge in [0.15, 0.2) is 0 Å². The fraction of sp³-hybridized carbons (Fsp3) is 0.167. The Hall–Kier alpha value is -2.77. The number of aromatic nitrogens is 1. The number of anilines is 1. The van der Waals surface area contributed by atoms with Gasteiger partial charge in [0, 0.05) is 36.7 Å². The third kappa shape index (κ3) is 2.67. The maximum Gasteiger partial charge on any atom is 0.102 e. The number of para-hydroxylation sites is 1. The summed E-state index contributed by atoms with van der Waals surface area (Å²) < 4.78 is 1.97. The SMILES string of the molecule is N#Cc1c(CN(CCO)c2ccccc2)cn2ccccc12. The van der Waals surface area contributed by atoms with Gasteiger partial charge in [0.1, 0.15) is 6.07 Å². The van der Waals surface area contributed by atoms with Gasteiger partial charge in [-0.25, -0.2) is 0 Å². The molecule has 0 aliphatic carbocycles. The van der Waals surface area contributed by atoms with Crippen LogP contribution < -0.4 is 4.90 Å². The third-order valence-electron chi connectivity index (χ3n) is 3.73. The maximum absolute atomic E-state index is 9.49. The second-order valence-electron chi connectivity index (χ2n) is 5.12. The lowest BCUT2D eigenvalue weighted by Gasteiger charge is -2.23. The van der Waals surface area contributed by atoms with E-state index in [1.165, 1.54) is 0 Å². The van der Waals surface area contributed by atoms with Crippen LogP contribution in [-0.4, -0.2) is 22.7 Å². The maximum atomic E-state index is 9.49. The van der Waals surface area contributed by atoms with Gasteiger partial charge in [-0.15, -0.1) is 0 Å². The number of hydrogen-bond acceptors (Lipinski definition) is 3. The minimum absolute atomic E-state index is 0.0736. The molecule has 4 nitrogen and oxygen atoms in total. The predicted octanol–water partition coefficient (Wildman–Crippen LogP) is 2.81. The fourth-order valence-corrected chi connectivity index (χ4v) is 2.69. The van der Waals surface area contributed by atoms with E-state index in [4.69, 9.17) is 0 Å². The molecule has 0 aliphatic heterocycles. The minimum Gasteiger partial charge on any atom is -0.395 e. The van der Waals surface area contributed by atoms with Crippen LogP contribution in [0.25, 0.3) is 5.52 Å². The first-order chi connectivity index (χ1) is 10.8.